The molecule has 0 spiro atoms. The number of ether oxygens (including phenoxy) is 2. The van der Waals surface area contributed by atoms with E-state index in [1.807, 2.05) is 6.92 Å². The highest BCUT2D eigenvalue weighted by atomic mass is 16.5. The summed E-state index contributed by atoms with van der Waals surface area (Å²) in [6, 6.07) is 0.244. The number of hydrogen-bond acceptors (Lipinski definition) is 3. The molecule has 1 saturated carbocycles. The van der Waals surface area contributed by atoms with Crippen molar-refractivity contribution in [2.75, 3.05) is 13.7 Å². The molecule has 3 atom stereocenters. The standard InChI is InChI=1S/C9H19NO2/c1-7(11-2)6-12-9-5-3-4-8(9)10/h7-9H,3-6,10H2,1-2H3. The predicted octanol–water partition coefficient (Wildman–Crippen LogP) is 0.918. The lowest BCUT2D eigenvalue weighted by Crippen LogP contribution is -2.33. The molecule has 0 aromatic rings. The first-order valence-corrected chi connectivity index (χ1v) is 4.64. The molecule has 0 bridgehead atoms. The molecule has 1 aliphatic rings. The van der Waals surface area contributed by atoms with Gasteiger partial charge in [0.15, 0.2) is 0 Å². The molecule has 0 aromatic heterocycles. The van der Waals surface area contributed by atoms with Crippen LogP contribution in [0.15, 0.2) is 0 Å². The maximum absolute atomic E-state index is 5.84. The summed E-state index contributed by atoms with van der Waals surface area (Å²) in [7, 11) is 1.70. The molecule has 0 heterocycles. The van der Waals surface area contributed by atoms with E-state index in [9.17, 15) is 0 Å². The molecular formula is C9H19NO2. The average molecular weight is 173 g/mol. The molecule has 2 N–H and O–H groups in total. The minimum atomic E-state index is 0.179. The van der Waals surface area contributed by atoms with Gasteiger partial charge in [0.2, 0.25) is 0 Å². The van der Waals surface area contributed by atoms with Gasteiger partial charge >= 0.3 is 0 Å². The van der Waals surface area contributed by atoms with E-state index in [4.69, 9.17) is 15.2 Å². The molecule has 0 aromatic carbocycles. The summed E-state index contributed by atoms with van der Waals surface area (Å²) in [5.41, 5.74) is 5.84. The molecule has 0 radical (unpaired) electrons. The van der Waals surface area contributed by atoms with Gasteiger partial charge in [-0.25, -0.2) is 0 Å². The van der Waals surface area contributed by atoms with Gasteiger partial charge in [0.1, 0.15) is 0 Å². The van der Waals surface area contributed by atoms with E-state index in [0.717, 1.165) is 12.8 Å². The van der Waals surface area contributed by atoms with Crippen LogP contribution in [0.4, 0.5) is 0 Å². The van der Waals surface area contributed by atoms with Gasteiger partial charge in [0.25, 0.3) is 0 Å². The van der Waals surface area contributed by atoms with Crippen molar-refractivity contribution in [2.24, 2.45) is 5.73 Å². The van der Waals surface area contributed by atoms with Crippen LogP contribution < -0.4 is 5.73 Å². The highest BCUT2D eigenvalue weighted by Gasteiger charge is 2.24. The molecular weight excluding hydrogens is 154 g/mol. The molecule has 1 fully saturated rings. The molecule has 3 unspecified atom stereocenters. The summed E-state index contributed by atoms with van der Waals surface area (Å²) in [6.07, 6.45) is 3.86. The largest absolute Gasteiger partial charge is 0.379 e. The van der Waals surface area contributed by atoms with E-state index in [1.54, 1.807) is 7.11 Å². The van der Waals surface area contributed by atoms with Crippen LogP contribution in [0.25, 0.3) is 0 Å². The van der Waals surface area contributed by atoms with Crippen LogP contribution in [-0.2, 0) is 9.47 Å². The van der Waals surface area contributed by atoms with Crippen LogP contribution in [0.2, 0.25) is 0 Å². The molecule has 12 heavy (non-hydrogen) atoms. The van der Waals surface area contributed by atoms with Gasteiger partial charge in [0, 0.05) is 13.2 Å². The number of methoxy groups -OCH3 is 1. The van der Waals surface area contributed by atoms with Gasteiger partial charge in [-0.3, -0.25) is 0 Å². The summed E-state index contributed by atoms with van der Waals surface area (Å²) in [6.45, 7) is 2.66. The minimum Gasteiger partial charge on any atom is -0.379 e. The highest BCUT2D eigenvalue weighted by molar-refractivity contribution is 4.80. The van der Waals surface area contributed by atoms with Gasteiger partial charge in [-0.2, -0.15) is 0 Å². The van der Waals surface area contributed by atoms with Crippen molar-refractivity contribution < 1.29 is 9.47 Å². The highest BCUT2D eigenvalue weighted by Crippen LogP contribution is 2.20. The Morgan fingerprint density at radius 3 is 2.75 bits per heavy atom. The average Bonchev–Trinajstić information content (AvgIpc) is 2.47. The smallest absolute Gasteiger partial charge is 0.0776 e. The van der Waals surface area contributed by atoms with Crippen LogP contribution in [0, 0.1) is 0 Å². The topological polar surface area (TPSA) is 44.5 Å². The lowest BCUT2D eigenvalue weighted by molar-refractivity contribution is -0.0220. The van der Waals surface area contributed by atoms with Crippen LogP contribution in [0.3, 0.4) is 0 Å². The molecule has 0 amide bonds. The third kappa shape index (κ3) is 2.73. The van der Waals surface area contributed by atoms with E-state index in [0.29, 0.717) is 6.61 Å². The Labute approximate surface area is 74.2 Å². The van der Waals surface area contributed by atoms with Crippen LogP contribution in [0.5, 0.6) is 0 Å². The molecule has 1 aliphatic carbocycles. The molecule has 3 heteroatoms. The second kappa shape index (κ2) is 4.80. The van der Waals surface area contributed by atoms with Crippen LogP contribution in [-0.4, -0.2) is 32.0 Å². The Kier molecular flexibility index (Phi) is 3.98. The van der Waals surface area contributed by atoms with Gasteiger partial charge < -0.3 is 15.2 Å². The zero-order valence-corrected chi connectivity index (χ0v) is 7.95. The summed E-state index contributed by atoms with van der Waals surface area (Å²) < 4.78 is 10.7. The van der Waals surface area contributed by atoms with Crippen molar-refractivity contribution in [1.82, 2.24) is 0 Å². The van der Waals surface area contributed by atoms with Crippen molar-refractivity contribution in [3.8, 4) is 0 Å². The maximum atomic E-state index is 5.84. The number of nitrogens with two attached hydrogens (primary N) is 1. The fourth-order valence-electron chi connectivity index (χ4n) is 1.49. The van der Waals surface area contributed by atoms with Crippen molar-refractivity contribution >= 4 is 0 Å². The summed E-state index contributed by atoms with van der Waals surface area (Å²) in [5.74, 6) is 0. The maximum Gasteiger partial charge on any atom is 0.0776 e. The quantitative estimate of drug-likeness (QED) is 0.687. The van der Waals surface area contributed by atoms with Crippen LogP contribution >= 0.6 is 0 Å². The second-order valence-corrected chi connectivity index (χ2v) is 3.51. The fourth-order valence-corrected chi connectivity index (χ4v) is 1.49. The summed E-state index contributed by atoms with van der Waals surface area (Å²) in [4.78, 5) is 0. The van der Waals surface area contributed by atoms with E-state index in [-0.39, 0.29) is 18.2 Å². The minimum absolute atomic E-state index is 0.179. The summed E-state index contributed by atoms with van der Waals surface area (Å²) >= 11 is 0. The number of rotatable bonds is 4. The van der Waals surface area contributed by atoms with Gasteiger partial charge in [-0.15, -0.1) is 0 Å². The first-order chi connectivity index (χ1) is 5.74. The van der Waals surface area contributed by atoms with E-state index < -0.39 is 0 Å². The van der Waals surface area contributed by atoms with Gasteiger partial charge in [0.05, 0.1) is 18.8 Å². The van der Waals surface area contributed by atoms with Gasteiger partial charge in [-0.1, -0.05) is 0 Å². The summed E-state index contributed by atoms with van der Waals surface area (Å²) in [5, 5.41) is 0. The Morgan fingerprint density at radius 1 is 1.50 bits per heavy atom. The lowest BCUT2D eigenvalue weighted by atomic mass is 10.2. The van der Waals surface area contributed by atoms with Crippen molar-refractivity contribution in [2.45, 2.75) is 44.4 Å². The van der Waals surface area contributed by atoms with Crippen molar-refractivity contribution in [3.05, 3.63) is 0 Å². The van der Waals surface area contributed by atoms with Crippen LogP contribution in [0.1, 0.15) is 26.2 Å². The second-order valence-electron chi connectivity index (χ2n) is 3.51. The normalized spacial score (nSPS) is 32.2. The Morgan fingerprint density at radius 2 is 2.25 bits per heavy atom. The van der Waals surface area contributed by atoms with E-state index in [2.05, 4.69) is 0 Å². The fraction of sp³-hybridized carbons (Fsp3) is 1.00. The van der Waals surface area contributed by atoms with Gasteiger partial charge in [-0.05, 0) is 26.2 Å². The Hall–Kier alpha value is -0.120. The van der Waals surface area contributed by atoms with Crippen molar-refractivity contribution in [1.29, 1.82) is 0 Å². The van der Waals surface area contributed by atoms with E-state index >= 15 is 0 Å². The Balaban J connectivity index is 2.13. The SMILES string of the molecule is COC(C)COC1CCCC1N. The predicted molar refractivity (Wildman–Crippen MR) is 48.0 cm³/mol. The lowest BCUT2D eigenvalue weighted by Gasteiger charge is -2.18. The first-order valence-electron chi connectivity index (χ1n) is 4.64. The molecule has 72 valence electrons. The molecule has 3 nitrogen and oxygen atoms in total. The molecule has 0 aliphatic heterocycles. The van der Waals surface area contributed by atoms with E-state index in [1.165, 1.54) is 6.42 Å². The molecule has 1 rings (SSSR count). The zero-order valence-electron chi connectivity index (χ0n) is 7.95. The number of hydrogen-bond donors (Lipinski definition) is 1. The Bertz CT molecular complexity index is 130. The zero-order chi connectivity index (χ0) is 8.97. The van der Waals surface area contributed by atoms with Crippen molar-refractivity contribution in [3.63, 3.8) is 0 Å². The third-order valence-corrected chi connectivity index (χ3v) is 2.45. The first kappa shape index (κ1) is 9.96. The monoisotopic (exact) mass is 173 g/mol. The third-order valence-electron chi connectivity index (χ3n) is 2.45. The molecule has 0 saturated heterocycles.